The molecule has 0 aliphatic rings. The quantitative estimate of drug-likeness (QED) is 0.0567. The maximum atomic E-state index is 13.3. The molecule has 0 radical (unpaired) electrons. The molecular formula is C46H31Cl2F2IN6O3. The number of nitrogens with zero attached hydrogens (tertiary/aromatic N) is 4. The van der Waals surface area contributed by atoms with Gasteiger partial charge in [0, 0.05) is 31.3 Å². The Morgan fingerprint density at radius 2 is 1.17 bits per heavy atom. The molecule has 298 valence electrons. The van der Waals surface area contributed by atoms with E-state index in [-0.39, 0.29) is 30.6 Å². The topological polar surface area (TPSA) is 111 Å². The van der Waals surface area contributed by atoms with Crippen LogP contribution in [0.15, 0.2) is 134 Å². The number of ether oxygens (including phenoxy) is 2. The first kappa shape index (κ1) is 41.7. The second kappa shape index (κ2) is 19.6. The van der Waals surface area contributed by atoms with E-state index in [1.165, 1.54) is 36.9 Å². The van der Waals surface area contributed by atoms with Crippen molar-refractivity contribution >= 4 is 96.4 Å². The monoisotopic (exact) mass is 950 g/mol. The Hall–Kier alpha value is -6.40. The zero-order valence-corrected chi connectivity index (χ0v) is 35.2. The first-order valence-corrected chi connectivity index (χ1v) is 19.9. The molecule has 0 saturated heterocycles. The minimum atomic E-state index is -0.319. The number of benzene rings is 6. The molecule has 0 fully saturated rings. The highest BCUT2D eigenvalue weighted by Gasteiger charge is 2.12. The van der Waals surface area contributed by atoms with Gasteiger partial charge in [0.05, 0.1) is 21.1 Å². The van der Waals surface area contributed by atoms with E-state index >= 15 is 0 Å². The Morgan fingerprint density at radius 3 is 1.67 bits per heavy atom. The van der Waals surface area contributed by atoms with Crippen LogP contribution in [-0.4, -0.2) is 25.7 Å². The fourth-order valence-corrected chi connectivity index (χ4v) is 6.81. The molecule has 0 aliphatic carbocycles. The summed E-state index contributed by atoms with van der Waals surface area (Å²) in [5.41, 5.74) is 4.90. The van der Waals surface area contributed by atoms with Gasteiger partial charge in [-0.3, -0.25) is 4.79 Å². The molecule has 0 unspecified atom stereocenters. The Balaban J connectivity index is 0.000000183. The van der Waals surface area contributed by atoms with Gasteiger partial charge in [-0.2, -0.15) is 0 Å². The molecular weight excluding hydrogens is 920 g/mol. The van der Waals surface area contributed by atoms with E-state index in [1.54, 1.807) is 79.7 Å². The molecule has 14 heteroatoms. The lowest BCUT2D eigenvalue weighted by Crippen LogP contribution is -2.00. The number of rotatable bonds is 11. The van der Waals surface area contributed by atoms with Gasteiger partial charge in [-0.25, -0.2) is 28.7 Å². The molecule has 0 spiro atoms. The lowest BCUT2D eigenvalue weighted by molar-refractivity contribution is 0.105. The van der Waals surface area contributed by atoms with Crippen LogP contribution >= 0.6 is 45.8 Å². The molecule has 0 aliphatic heterocycles. The minimum absolute atomic E-state index is 0.193. The van der Waals surface area contributed by atoms with Crippen LogP contribution in [0, 0.1) is 27.0 Å². The van der Waals surface area contributed by atoms with Crippen LogP contribution in [-0.2, 0) is 13.2 Å². The summed E-state index contributed by atoms with van der Waals surface area (Å²) in [5.74, 6) is 6.49. The minimum Gasteiger partial charge on any atom is -0.487 e. The van der Waals surface area contributed by atoms with Gasteiger partial charge < -0.3 is 20.1 Å². The number of ketones is 1. The molecule has 2 aromatic heterocycles. The number of hydrogen-bond acceptors (Lipinski definition) is 9. The molecule has 0 amide bonds. The zero-order chi connectivity index (χ0) is 42.0. The number of halogens is 5. The van der Waals surface area contributed by atoms with Crippen molar-refractivity contribution in [3.63, 3.8) is 0 Å². The van der Waals surface area contributed by atoms with Gasteiger partial charge in [0.25, 0.3) is 0 Å². The van der Waals surface area contributed by atoms with Gasteiger partial charge in [0.2, 0.25) is 5.78 Å². The molecule has 9 nitrogen and oxygen atoms in total. The van der Waals surface area contributed by atoms with E-state index in [0.29, 0.717) is 60.9 Å². The van der Waals surface area contributed by atoms with Crippen molar-refractivity contribution in [3.05, 3.63) is 176 Å². The number of hydrogen-bond donors (Lipinski definition) is 2. The fourth-order valence-electron chi connectivity index (χ4n) is 5.85. The molecule has 60 heavy (non-hydrogen) atoms. The van der Waals surface area contributed by atoms with Crippen molar-refractivity contribution in [3.8, 4) is 23.3 Å². The molecule has 8 aromatic rings. The van der Waals surface area contributed by atoms with E-state index in [1.807, 2.05) is 24.3 Å². The first-order chi connectivity index (χ1) is 29.1. The van der Waals surface area contributed by atoms with Crippen molar-refractivity contribution in [2.24, 2.45) is 0 Å². The number of fused-ring (bicyclic) bond motifs is 2. The highest BCUT2D eigenvalue weighted by molar-refractivity contribution is 14.1. The van der Waals surface area contributed by atoms with Crippen molar-refractivity contribution < 1.29 is 23.0 Å². The Bertz CT molecular complexity index is 2930. The Labute approximate surface area is 367 Å². The predicted octanol–water partition coefficient (Wildman–Crippen LogP) is 12.3. The van der Waals surface area contributed by atoms with Gasteiger partial charge >= 0.3 is 0 Å². The fraction of sp³-hybridized carbons (Fsp3) is 0.0652. The second-order valence-electron chi connectivity index (χ2n) is 12.9. The van der Waals surface area contributed by atoms with Crippen LogP contribution in [0.1, 0.15) is 28.4 Å². The smallest absolute Gasteiger partial charge is 0.235 e. The van der Waals surface area contributed by atoms with Gasteiger partial charge in [0.15, 0.2) is 0 Å². The number of carbonyl (C=O) groups excluding carboxylic acids is 1. The largest absolute Gasteiger partial charge is 0.487 e. The lowest BCUT2D eigenvalue weighted by atomic mass is 10.1. The normalized spacial score (nSPS) is 10.6. The first-order valence-electron chi connectivity index (χ1n) is 18.1. The average molecular weight is 952 g/mol. The van der Waals surface area contributed by atoms with Crippen LogP contribution in [0.2, 0.25) is 10.0 Å². The number of nitrogens with one attached hydrogen (secondary N) is 2. The molecule has 2 N–H and O–H groups in total. The highest BCUT2D eigenvalue weighted by Crippen LogP contribution is 2.33. The van der Waals surface area contributed by atoms with E-state index in [4.69, 9.17) is 32.7 Å². The van der Waals surface area contributed by atoms with E-state index in [2.05, 4.69) is 65.0 Å². The summed E-state index contributed by atoms with van der Waals surface area (Å²) in [6, 6.07) is 34.2. The summed E-state index contributed by atoms with van der Waals surface area (Å²) >= 11 is 15.0. The molecule has 6 aromatic carbocycles. The number of anilines is 4. The average Bonchev–Trinajstić information content (AvgIpc) is 3.24. The summed E-state index contributed by atoms with van der Waals surface area (Å²) in [6.07, 6.45) is 2.96. The van der Waals surface area contributed by atoms with E-state index in [0.717, 1.165) is 25.7 Å². The third kappa shape index (κ3) is 10.8. The van der Waals surface area contributed by atoms with E-state index < -0.39 is 0 Å². The van der Waals surface area contributed by atoms with Crippen LogP contribution < -0.4 is 20.1 Å². The SMILES string of the molecule is CC#CC(=O)c1ccc2ncnc(Nc3ccc(OCc4cccc(F)c4)c(Cl)c3)c2c1.Fc1cccc(COc2ccc(Nc3ncnc4ccc(I)cc34)cc2Cl)c1. The molecule has 0 bridgehead atoms. The third-order valence-electron chi connectivity index (χ3n) is 8.69. The van der Waals surface area contributed by atoms with Crippen molar-refractivity contribution in [2.45, 2.75) is 20.1 Å². The molecule has 0 saturated carbocycles. The molecule has 0 atom stereocenters. The van der Waals surface area contributed by atoms with Crippen LogP contribution in [0.3, 0.4) is 0 Å². The van der Waals surface area contributed by atoms with Crippen LogP contribution in [0.25, 0.3) is 21.8 Å². The summed E-state index contributed by atoms with van der Waals surface area (Å²) in [6.45, 7) is 2.04. The maximum Gasteiger partial charge on any atom is 0.235 e. The summed E-state index contributed by atoms with van der Waals surface area (Å²) < 4.78 is 39.1. The zero-order valence-electron chi connectivity index (χ0n) is 31.5. The maximum absolute atomic E-state index is 13.3. The van der Waals surface area contributed by atoms with Gasteiger partial charge in [-0.15, -0.1) is 0 Å². The highest BCUT2D eigenvalue weighted by atomic mass is 127. The summed E-state index contributed by atoms with van der Waals surface area (Å²) in [4.78, 5) is 29.3. The standard InChI is InChI=1S/C25H17ClFN3O2.C21H14ClFIN3O/c1-2-4-23(31)17-7-9-22-20(12-17)25(29-15-28-22)30-19-8-10-24(21(26)13-19)32-14-16-5-3-6-18(27)11-16;22-18-10-16(5-7-20(18)28-11-13-2-1-3-14(23)8-13)27-21-17-9-15(24)4-6-19(17)25-12-26-21/h3,5-13,15H,14H2,1H3,(H,28,29,30);1-10,12H,11H2,(H,25,26,27). The third-order valence-corrected chi connectivity index (χ3v) is 9.95. The van der Waals surface area contributed by atoms with Crippen molar-refractivity contribution in [1.29, 1.82) is 0 Å². The lowest BCUT2D eigenvalue weighted by Gasteiger charge is -2.12. The second-order valence-corrected chi connectivity index (χ2v) is 15.0. The van der Waals surface area contributed by atoms with Gasteiger partial charge in [0.1, 0.15) is 60.6 Å². The van der Waals surface area contributed by atoms with Gasteiger partial charge in [-0.1, -0.05) is 53.4 Å². The number of aromatic nitrogens is 4. The number of carbonyl (C=O) groups is 1. The molecule has 8 rings (SSSR count). The van der Waals surface area contributed by atoms with Crippen molar-refractivity contribution in [1.82, 2.24) is 19.9 Å². The van der Waals surface area contributed by atoms with Gasteiger partial charge in [-0.05, 0) is 144 Å². The molecule has 2 heterocycles. The Morgan fingerprint density at radius 1 is 0.650 bits per heavy atom. The van der Waals surface area contributed by atoms with E-state index in [9.17, 15) is 13.6 Å². The predicted molar refractivity (Wildman–Crippen MR) is 241 cm³/mol. The van der Waals surface area contributed by atoms with Crippen LogP contribution in [0.5, 0.6) is 11.5 Å². The number of Topliss-reactive ketones (excluding diaryl/α,β-unsaturated/α-hetero) is 1. The summed E-state index contributed by atoms with van der Waals surface area (Å²) in [5, 5.41) is 8.93. The Kier molecular flexibility index (Phi) is 13.6. The van der Waals surface area contributed by atoms with Crippen LogP contribution in [0.4, 0.5) is 31.8 Å². The summed E-state index contributed by atoms with van der Waals surface area (Å²) in [7, 11) is 0. The van der Waals surface area contributed by atoms with Crippen molar-refractivity contribution in [2.75, 3.05) is 10.6 Å².